The fourth-order valence-corrected chi connectivity index (χ4v) is 1.90. The van der Waals surface area contributed by atoms with Crippen LogP contribution in [0.5, 0.6) is 0 Å². The number of hydrogen-bond acceptors (Lipinski definition) is 4. The third-order valence-electron chi connectivity index (χ3n) is 2.95. The molecule has 1 N–H and O–H groups in total. The van der Waals surface area contributed by atoms with E-state index >= 15 is 0 Å². The van der Waals surface area contributed by atoms with E-state index in [0.717, 1.165) is 5.56 Å². The highest BCUT2D eigenvalue weighted by atomic mass is 19.1. The lowest BCUT2D eigenvalue weighted by molar-refractivity contribution is -0.112. The second-order valence-corrected chi connectivity index (χ2v) is 4.66. The van der Waals surface area contributed by atoms with Gasteiger partial charge in [-0.2, -0.15) is 0 Å². The summed E-state index contributed by atoms with van der Waals surface area (Å²) < 4.78 is 18.5. The van der Waals surface area contributed by atoms with Gasteiger partial charge in [-0.25, -0.2) is 4.39 Å². The summed E-state index contributed by atoms with van der Waals surface area (Å²) in [5, 5.41) is 9.95. The third kappa shape index (κ3) is 3.88. The summed E-state index contributed by atoms with van der Waals surface area (Å²) in [4.78, 5) is 11.8. The molecule has 0 aliphatic heterocycles. The second-order valence-electron chi connectivity index (χ2n) is 4.66. The maximum absolute atomic E-state index is 13.2. The number of rotatable bonds is 4. The van der Waals surface area contributed by atoms with Gasteiger partial charge in [-0.05, 0) is 29.8 Å². The molecule has 0 saturated heterocycles. The van der Waals surface area contributed by atoms with Crippen molar-refractivity contribution < 1.29 is 13.6 Å². The number of hydrogen-bond donors (Lipinski definition) is 1. The van der Waals surface area contributed by atoms with Gasteiger partial charge in [-0.15, -0.1) is 5.10 Å². The molecule has 0 atom stereocenters. The molecule has 0 aliphatic rings. The molecule has 0 fully saturated rings. The van der Waals surface area contributed by atoms with Crippen LogP contribution in [0, 0.1) is 5.82 Å². The third-order valence-corrected chi connectivity index (χ3v) is 2.95. The van der Waals surface area contributed by atoms with Gasteiger partial charge < -0.3 is 4.42 Å². The summed E-state index contributed by atoms with van der Waals surface area (Å²) in [6.07, 6.45) is 3.03. The van der Waals surface area contributed by atoms with Gasteiger partial charge >= 0.3 is 6.01 Å². The number of amides is 1. The van der Waals surface area contributed by atoms with E-state index in [1.165, 1.54) is 24.3 Å². The highest BCUT2D eigenvalue weighted by molar-refractivity contribution is 6.00. The van der Waals surface area contributed by atoms with Gasteiger partial charge in [0.15, 0.2) is 0 Å². The zero-order valence-corrected chi connectivity index (χ0v) is 11.9. The number of benzene rings is 2. The largest absolute Gasteiger partial charge is 0.403 e. The number of halogens is 1. The maximum Gasteiger partial charge on any atom is 0.322 e. The molecule has 1 heterocycles. The van der Waals surface area contributed by atoms with Crippen LogP contribution >= 0.6 is 0 Å². The molecule has 2 aromatic carbocycles. The lowest BCUT2D eigenvalue weighted by Gasteiger charge is -1.96. The number of aromatic nitrogens is 2. The zero-order chi connectivity index (χ0) is 16.1. The van der Waals surface area contributed by atoms with Gasteiger partial charge in [-0.1, -0.05) is 41.5 Å². The lowest BCUT2D eigenvalue weighted by atomic mass is 10.2. The van der Waals surface area contributed by atoms with Crippen LogP contribution in [0.25, 0.3) is 17.5 Å². The quantitative estimate of drug-likeness (QED) is 0.749. The SMILES string of the molecule is O=C(C=Cc1ccccc1)Nc1nnc(-c2cccc(F)c2)o1. The van der Waals surface area contributed by atoms with Crippen molar-refractivity contribution in [3.8, 4) is 11.5 Å². The Kier molecular flexibility index (Phi) is 4.24. The monoisotopic (exact) mass is 309 g/mol. The molecular weight excluding hydrogens is 297 g/mol. The van der Waals surface area contributed by atoms with Crippen LogP contribution in [0.2, 0.25) is 0 Å². The van der Waals surface area contributed by atoms with Gasteiger partial charge in [0, 0.05) is 11.6 Å². The molecule has 5 nitrogen and oxygen atoms in total. The minimum absolute atomic E-state index is 0.0491. The molecule has 0 aliphatic carbocycles. The van der Waals surface area contributed by atoms with E-state index in [0.29, 0.717) is 5.56 Å². The number of anilines is 1. The van der Waals surface area contributed by atoms with Crippen molar-refractivity contribution in [3.05, 3.63) is 72.1 Å². The molecule has 1 amide bonds. The predicted octanol–water partition coefficient (Wildman–Crippen LogP) is 3.53. The van der Waals surface area contributed by atoms with Crippen LogP contribution in [0.3, 0.4) is 0 Å². The molecule has 0 saturated carbocycles. The molecule has 0 bridgehead atoms. The van der Waals surface area contributed by atoms with Crippen LogP contribution < -0.4 is 5.32 Å². The first kappa shape index (κ1) is 14.6. The molecule has 0 spiro atoms. The normalized spacial score (nSPS) is 10.8. The summed E-state index contributed by atoms with van der Waals surface area (Å²) in [7, 11) is 0. The molecular formula is C17H12FN3O2. The van der Waals surface area contributed by atoms with Crippen molar-refractivity contribution in [2.45, 2.75) is 0 Å². The van der Waals surface area contributed by atoms with Crippen molar-refractivity contribution >= 4 is 18.0 Å². The van der Waals surface area contributed by atoms with E-state index < -0.39 is 11.7 Å². The highest BCUT2D eigenvalue weighted by Crippen LogP contribution is 2.20. The van der Waals surface area contributed by atoms with Gasteiger partial charge in [0.1, 0.15) is 5.82 Å². The summed E-state index contributed by atoms with van der Waals surface area (Å²) in [6.45, 7) is 0. The molecule has 3 rings (SSSR count). The Morgan fingerprint density at radius 3 is 2.70 bits per heavy atom. The van der Waals surface area contributed by atoms with Crippen LogP contribution in [-0.4, -0.2) is 16.1 Å². The molecule has 0 radical (unpaired) electrons. The molecule has 23 heavy (non-hydrogen) atoms. The van der Waals surface area contributed by atoms with Crippen molar-refractivity contribution in [3.63, 3.8) is 0 Å². The van der Waals surface area contributed by atoms with Gasteiger partial charge in [-0.3, -0.25) is 10.1 Å². The first-order chi connectivity index (χ1) is 11.2. The minimum Gasteiger partial charge on any atom is -0.403 e. The van der Waals surface area contributed by atoms with Crippen molar-refractivity contribution in [2.24, 2.45) is 0 Å². The topological polar surface area (TPSA) is 68.0 Å². The van der Waals surface area contributed by atoms with Crippen molar-refractivity contribution in [1.29, 1.82) is 0 Å². The molecule has 1 aromatic heterocycles. The summed E-state index contributed by atoms with van der Waals surface area (Å²) in [5.74, 6) is -0.674. The standard InChI is InChI=1S/C17H12FN3O2/c18-14-8-4-7-13(11-14)16-20-21-17(23-16)19-15(22)10-9-12-5-2-1-3-6-12/h1-11H,(H,19,21,22). The highest BCUT2D eigenvalue weighted by Gasteiger charge is 2.10. The molecule has 0 unspecified atom stereocenters. The van der Waals surface area contributed by atoms with Crippen molar-refractivity contribution in [2.75, 3.05) is 5.32 Å². The van der Waals surface area contributed by atoms with Gasteiger partial charge in [0.2, 0.25) is 5.89 Å². The van der Waals surface area contributed by atoms with Crippen LogP contribution in [-0.2, 0) is 4.79 Å². The average Bonchev–Trinajstić information content (AvgIpc) is 3.02. The Balaban J connectivity index is 1.67. The summed E-state index contributed by atoms with van der Waals surface area (Å²) in [6, 6.07) is 15.1. The fourth-order valence-electron chi connectivity index (χ4n) is 1.90. The summed E-state index contributed by atoms with van der Waals surface area (Å²) in [5.41, 5.74) is 1.34. The lowest BCUT2D eigenvalue weighted by Crippen LogP contribution is -2.07. The van der Waals surface area contributed by atoms with E-state index in [1.54, 1.807) is 12.1 Å². The number of carbonyl (C=O) groups excluding carboxylic acids is 1. The van der Waals surface area contributed by atoms with Gasteiger partial charge in [0.05, 0.1) is 0 Å². The van der Waals surface area contributed by atoms with Crippen LogP contribution in [0.1, 0.15) is 5.56 Å². The zero-order valence-electron chi connectivity index (χ0n) is 11.9. The Labute approximate surface area is 131 Å². The fraction of sp³-hybridized carbons (Fsp3) is 0. The van der Waals surface area contributed by atoms with Gasteiger partial charge in [0.25, 0.3) is 5.91 Å². The van der Waals surface area contributed by atoms with Crippen molar-refractivity contribution in [1.82, 2.24) is 10.2 Å². The predicted molar refractivity (Wildman–Crippen MR) is 83.8 cm³/mol. The average molecular weight is 309 g/mol. The van der Waals surface area contributed by atoms with E-state index in [4.69, 9.17) is 4.42 Å². The van der Waals surface area contributed by atoms with E-state index in [2.05, 4.69) is 15.5 Å². The van der Waals surface area contributed by atoms with Crippen LogP contribution in [0.15, 0.2) is 65.1 Å². The number of carbonyl (C=O) groups is 1. The Bertz CT molecular complexity index is 844. The molecule has 114 valence electrons. The smallest absolute Gasteiger partial charge is 0.322 e. The summed E-state index contributed by atoms with van der Waals surface area (Å²) >= 11 is 0. The Morgan fingerprint density at radius 1 is 1.09 bits per heavy atom. The number of nitrogens with one attached hydrogen (secondary N) is 1. The second kappa shape index (κ2) is 6.65. The van der Waals surface area contributed by atoms with E-state index in [9.17, 15) is 9.18 Å². The maximum atomic E-state index is 13.2. The first-order valence-electron chi connectivity index (χ1n) is 6.84. The van der Waals surface area contributed by atoms with E-state index in [1.807, 2.05) is 30.3 Å². The Hall–Kier alpha value is -3.28. The molecule has 6 heteroatoms. The van der Waals surface area contributed by atoms with Crippen LogP contribution in [0.4, 0.5) is 10.4 Å². The number of nitrogens with zero attached hydrogens (tertiary/aromatic N) is 2. The Morgan fingerprint density at radius 2 is 1.91 bits per heavy atom. The minimum atomic E-state index is -0.405. The first-order valence-corrected chi connectivity index (χ1v) is 6.84. The molecule has 3 aromatic rings. The van der Waals surface area contributed by atoms with E-state index in [-0.39, 0.29) is 11.9 Å².